The van der Waals surface area contributed by atoms with Gasteiger partial charge in [-0.1, -0.05) is 33.1 Å². The molecule has 0 aliphatic carbocycles. The van der Waals surface area contributed by atoms with Crippen molar-refractivity contribution in [2.24, 2.45) is 5.92 Å². The van der Waals surface area contributed by atoms with Gasteiger partial charge in [-0.3, -0.25) is 0 Å². The van der Waals surface area contributed by atoms with Crippen LogP contribution >= 0.6 is 37.0 Å². The van der Waals surface area contributed by atoms with Crippen LogP contribution in [0.5, 0.6) is 0 Å². The summed E-state index contributed by atoms with van der Waals surface area (Å²) in [6.45, 7) is 4.91. The summed E-state index contributed by atoms with van der Waals surface area (Å²) in [5.74, 6) is 0.386. The fourth-order valence-electron chi connectivity index (χ4n) is 1.17. The van der Waals surface area contributed by atoms with E-state index in [2.05, 4.69) is 39.1 Å². The van der Waals surface area contributed by atoms with E-state index in [1.165, 1.54) is 24.6 Å². The van der Waals surface area contributed by atoms with Crippen LogP contribution in [0.15, 0.2) is 0 Å². The first-order valence-electron chi connectivity index (χ1n) is 5.57. The maximum Gasteiger partial charge on any atom is 0.342 e. The van der Waals surface area contributed by atoms with Crippen molar-refractivity contribution in [1.29, 1.82) is 0 Å². The molecule has 2 nitrogen and oxygen atoms in total. The third kappa shape index (κ3) is 10.9. The number of unbranched alkanes of at least 4 members (excludes halogenated alkanes) is 2. The smallest absolute Gasteiger partial charge is 0.342 e. The van der Waals surface area contributed by atoms with Crippen molar-refractivity contribution in [3.05, 3.63) is 0 Å². The molecule has 0 aromatic carbocycles. The molecule has 0 heterocycles. The van der Waals surface area contributed by atoms with Crippen molar-refractivity contribution in [3.8, 4) is 0 Å². The Kier molecular flexibility index (Phi) is 13.6. The zero-order valence-electron chi connectivity index (χ0n) is 10.7. The van der Waals surface area contributed by atoms with E-state index in [-0.39, 0.29) is 29.9 Å². The summed E-state index contributed by atoms with van der Waals surface area (Å²) in [5, 5.41) is 0. The predicted octanol–water partition coefficient (Wildman–Crippen LogP) is 3.24. The van der Waals surface area contributed by atoms with Crippen LogP contribution in [0.25, 0.3) is 0 Å². The van der Waals surface area contributed by atoms with Crippen LogP contribution in [0.1, 0.15) is 39.5 Å². The molecule has 100 valence electrons. The van der Waals surface area contributed by atoms with Gasteiger partial charge in [-0.25, -0.2) is 4.79 Å². The van der Waals surface area contributed by atoms with E-state index >= 15 is 0 Å². The summed E-state index contributed by atoms with van der Waals surface area (Å²) in [6, 6.07) is 0. The van der Waals surface area contributed by atoms with Gasteiger partial charge in [-0.05, 0) is 18.6 Å². The minimum absolute atomic E-state index is 0. The van der Waals surface area contributed by atoms with Crippen molar-refractivity contribution >= 4 is 66.9 Å². The molecule has 0 aliphatic rings. The molecule has 0 fully saturated rings. The van der Waals surface area contributed by atoms with Gasteiger partial charge in [0, 0.05) is 23.9 Å². The Bertz CT molecular complexity index is 211. The van der Waals surface area contributed by atoms with Crippen molar-refractivity contribution in [3.63, 3.8) is 0 Å². The topological polar surface area (TPSA) is 26.3 Å². The van der Waals surface area contributed by atoms with Gasteiger partial charge in [0.2, 0.25) is 0 Å². The number of ether oxygens (including phenoxy) is 1. The second kappa shape index (κ2) is 11.2. The first kappa shape index (κ1) is 20.6. The fourth-order valence-corrected chi connectivity index (χ4v) is 1.53. The molecule has 0 rings (SSSR count). The molecule has 0 aromatic heterocycles. The number of thioether (sulfide) groups is 1. The molecule has 0 spiro atoms. The van der Waals surface area contributed by atoms with Gasteiger partial charge in [0.1, 0.15) is 0 Å². The zero-order chi connectivity index (χ0) is 12.6. The Hall–Kier alpha value is 1.32. The predicted molar refractivity (Wildman–Crippen MR) is 84.2 cm³/mol. The summed E-state index contributed by atoms with van der Waals surface area (Å²) < 4.78 is 4.08. The second-order valence-corrected chi connectivity index (χ2v) is 7.51. The van der Waals surface area contributed by atoms with Crippen molar-refractivity contribution in [2.45, 2.75) is 42.9 Å². The van der Waals surface area contributed by atoms with E-state index in [9.17, 15) is 4.79 Å². The Morgan fingerprint density at radius 2 is 1.88 bits per heavy atom. The maximum atomic E-state index is 11.4. The first-order chi connectivity index (χ1) is 7.40. The van der Waals surface area contributed by atoms with Crippen LogP contribution in [0, 0.1) is 5.92 Å². The van der Waals surface area contributed by atoms with Gasteiger partial charge in [-0.2, -0.15) is 0 Å². The van der Waals surface area contributed by atoms with E-state index in [0.717, 1.165) is 18.8 Å². The first-order valence-corrected chi connectivity index (χ1v) is 7.69. The second-order valence-electron chi connectivity index (χ2n) is 4.19. The van der Waals surface area contributed by atoms with Gasteiger partial charge < -0.3 is 4.74 Å². The normalized spacial score (nSPS) is 11.2. The van der Waals surface area contributed by atoms with Crippen LogP contribution in [0.4, 0.5) is 0 Å². The van der Waals surface area contributed by atoms with E-state index in [1.807, 2.05) is 0 Å². The molecule has 0 N–H and O–H groups in total. The molecule has 0 bridgehead atoms. The molecule has 0 aliphatic heterocycles. The molecule has 0 amide bonds. The molecule has 0 saturated carbocycles. The number of hydrogen-bond acceptors (Lipinski definition) is 5. The number of carbonyl (C=O) groups excluding carboxylic acids is 1. The van der Waals surface area contributed by atoms with Gasteiger partial charge in [0.05, 0.1) is 6.61 Å². The Morgan fingerprint density at radius 3 is 2.35 bits per heavy atom. The molecule has 0 saturated heterocycles. The van der Waals surface area contributed by atoms with E-state index in [1.54, 1.807) is 6.26 Å². The largest absolute Gasteiger partial charge is 0.463 e. The van der Waals surface area contributed by atoms with E-state index in [0.29, 0.717) is 6.61 Å². The molecule has 17 heavy (non-hydrogen) atoms. The third-order valence-electron chi connectivity index (χ3n) is 2.21. The van der Waals surface area contributed by atoms with Gasteiger partial charge in [-0.15, -0.1) is 37.0 Å². The minimum atomic E-state index is -1.02. The molecule has 0 aromatic rings. The SMILES string of the molecule is CSC(S)(S)C(=O)OCCCCCC(C)C.[Sn]. The molecule has 4 radical (unpaired) electrons. The summed E-state index contributed by atoms with van der Waals surface area (Å²) in [4.78, 5) is 11.4. The van der Waals surface area contributed by atoms with Crippen LogP contribution < -0.4 is 0 Å². The van der Waals surface area contributed by atoms with Crippen LogP contribution in [-0.2, 0) is 9.53 Å². The Balaban J connectivity index is 0. The number of esters is 1. The van der Waals surface area contributed by atoms with Gasteiger partial charge >= 0.3 is 5.97 Å². The average Bonchev–Trinajstić information content (AvgIpc) is 2.22. The molecule has 0 atom stereocenters. The van der Waals surface area contributed by atoms with E-state index < -0.39 is 3.41 Å². The van der Waals surface area contributed by atoms with Gasteiger partial charge in [0.15, 0.2) is 3.41 Å². The summed E-state index contributed by atoms with van der Waals surface area (Å²) in [6.07, 6.45) is 6.25. The summed E-state index contributed by atoms with van der Waals surface area (Å²) in [7, 11) is 0. The fraction of sp³-hybridized carbons (Fsp3) is 0.909. The van der Waals surface area contributed by atoms with E-state index in [4.69, 9.17) is 4.74 Å². The van der Waals surface area contributed by atoms with Crippen molar-refractivity contribution in [2.75, 3.05) is 12.9 Å². The van der Waals surface area contributed by atoms with Crippen molar-refractivity contribution < 1.29 is 9.53 Å². The minimum Gasteiger partial charge on any atom is -0.463 e. The third-order valence-corrected chi connectivity index (χ3v) is 4.41. The number of rotatable bonds is 8. The number of carbonyl (C=O) groups is 1. The van der Waals surface area contributed by atoms with Crippen LogP contribution in [0.3, 0.4) is 0 Å². The standard InChI is InChI=1S/C11H22O2S3.Sn/c1-9(2)7-5-4-6-8-13-10(12)11(14,15)16-3;/h9,14-15H,4-8H2,1-3H3;. The summed E-state index contributed by atoms with van der Waals surface area (Å²) >= 11 is 9.47. The zero-order valence-corrected chi connectivity index (χ0v) is 16.2. The molecular formula is C11H22O2S3Sn. The van der Waals surface area contributed by atoms with Gasteiger partial charge in [0.25, 0.3) is 0 Å². The Morgan fingerprint density at radius 1 is 1.29 bits per heavy atom. The van der Waals surface area contributed by atoms with Crippen LogP contribution in [0.2, 0.25) is 0 Å². The average molecular weight is 401 g/mol. The molecule has 6 heteroatoms. The number of hydrogen-bond donors (Lipinski definition) is 2. The quantitative estimate of drug-likeness (QED) is 0.215. The monoisotopic (exact) mass is 402 g/mol. The molecular weight excluding hydrogens is 379 g/mol. The molecule has 0 unspecified atom stereocenters. The summed E-state index contributed by atoms with van der Waals surface area (Å²) in [5.41, 5.74) is 0. The number of thiol groups is 2. The Labute approximate surface area is 137 Å². The van der Waals surface area contributed by atoms with Crippen LogP contribution in [-0.4, -0.2) is 46.2 Å². The maximum absolute atomic E-state index is 11.4. The van der Waals surface area contributed by atoms with Crippen molar-refractivity contribution in [1.82, 2.24) is 0 Å².